The van der Waals surface area contributed by atoms with E-state index in [1.54, 1.807) is 4.90 Å². The molecule has 1 aliphatic heterocycles. The van der Waals surface area contributed by atoms with Gasteiger partial charge in [-0.25, -0.2) is 4.39 Å². The second kappa shape index (κ2) is 5.30. The van der Waals surface area contributed by atoms with Crippen LogP contribution in [0, 0.1) is 22.6 Å². The number of nitrogens with zero attached hydrogens (tertiary/aromatic N) is 2. The van der Waals surface area contributed by atoms with Gasteiger partial charge < -0.3 is 4.90 Å². The first-order chi connectivity index (χ1) is 8.95. The van der Waals surface area contributed by atoms with Crippen LogP contribution < -0.4 is 0 Å². The third-order valence-corrected chi connectivity index (χ3v) is 4.20. The van der Waals surface area contributed by atoms with E-state index in [0.717, 1.165) is 0 Å². The third kappa shape index (κ3) is 2.95. The Morgan fingerprint density at radius 3 is 2.63 bits per heavy atom. The standard InChI is InChI=1S/C14H14BrFN2O/c1-14(9-17)4-6-18(7-5-14)13(19)10-2-3-12(16)11(15)8-10/h2-3,8H,4-7H2,1H3. The number of hydrogen-bond donors (Lipinski definition) is 0. The lowest BCUT2D eigenvalue weighted by Gasteiger charge is -2.35. The minimum absolute atomic E-state index is 0.110. The molecule has 0 aliphatic carbocycles. The highest BCUT2D eigenvalue weighted by Crippen LogP contribution is 2.30. The van der Waals surface area contributed by atoms with Crippen LogP contribution in [0.5, 0.6) is 0 Å². The van der Waals surface area contributed by atoms with Gasteiger partial charge in [0, 0.05) is 18.7 Å². The fourth-order valence-corrected chi connectivity index (χ4v) is 2.51. The molecule has 0 bridgehead atoms. The summed E-state index contributed by atoms with van der Waals surface area (Å²) in [5.74, 6) is -0.493. The molecule has 1 saturated heterocycles. The van der Waals surface area contributed by atoms with E-state index in [0.29, 0.717) is 31.5 Å². The summed E-state index contributed by atoms with van der Waals surface area (Å²) in [5.41, 5.74) is 0.133. The molecule has 2 rings (SSSR count). The lowest BCUT2D eigenvalue weighted by molar-refractivity contribution is 0.0661. The van der Waals surface area contributed by atoms with Crippen LogP contribution in [0.15, 0.2) is 22.7 Å². The molecule has 0 aromatic heterocycles. The van der Waals surface area contributed by atoms with Crippen molar-refractivity contribution in [3.8, 4) is 6.07 Å². The van der Waals surface area contributed by atoms with Crippen LogP contribution in [0.2, 0.25) is 0 Å². The van der Waals surface area contributed by atoms with E-state index in [9.17, 15) is 9.18 Å². The number of nitriles is 1. The van der Waals surface area contributed by atoms with E-state index in [1.807, 2.05) is 6.92 Å². The molecule has 0 spiro atoms. The van der Waals surface area contributed by atoms with Gasteiger partial charge in [-0.2, -0.15) is 5.26 Å². The summed E-state index contributed by atoms with van der Waals surface area (Å²) in [5, 5.41) is 9.06. The molecule has 1 aliphatic rings. The minimum Gasteiger partial charge on any atom is -0.339 e. The fraction of sp³-hybridized carbons (Fsp3) is 0.429. The van der Waals surface area contributed by atoms with Crippen LogP contribution in [0.4, 0.5) is 4.39 Å². The number of rotatable bonds is 1. The predicted octanol–water partition coefficient (Wildman–Crippen LogP) is 3.35. The molecule has 1 aromatic rings. The van der Waals surface area contributed by atoms with Crippen molar-refractivity contribution in [3.05, 3.63) is 34.1 Å². The highest BCUT2D eigenvalue weighted by molar-refractivity contribution is 9.10. The van der Waals surface area contributed by atoms with Crippen molar-refractivity contribution >= 4 is 21.8 Å². The molecule has 0 unspecified atom stereocenters. The predicted molar refractivity (Wildman–Crippen MR) is 73.0 cm³/mol. The van der Waals surface area contributed by atoms with E-state index in [1.165, 1.54) is 18.2 Å². The Balaban J connectivity index is 2.10. The Hall–Kier alpha value is -1.41. The average molecular weight is 325 g/mol. The Bertz CT molecular complexity index is 545. The molecule has 5 heteroatoms. The van der Waals surface area contributed by atoms with Crippen molar-refractivity contribution in [1.82, 2.24) is 4.90 Å². The quantitative estimate of drug-likeness (QED) is 0.795. The van der Waals surface area contributed by atoms with E-state index in [2.05, 4.69) is 22.0 Å². The van der Waals surface area contributed by atoms with Crippen LogP contribution >= 0.6 is 15.9 Å². The van der Waals surface area contributed by atoms with Crippen molar-refractivity contribution < 1.29 is 9.18 Å². The normalized spacial score (nSPS) is 17.9. The largest absolute Gasteiger partial charge is 0.339 e. The van der Waals surface area contributed by atoms with Crippen LogP contribution in [0.3, 0.4) is 0 Å². The second-order valence-electron chi connectivity index (χ2n) is 5.09. The average Bonchev–Trinajstić information content (AvgIpc) is 2.42. The lowest BCUT2D eigenvalue weighted by atomic mass is 9.82. The number of hydrogen-bond acceptors (Lipinski definition) is 2. The van der Waals surface area contributed by atoms with Crippen molar-refractivity contribution in [3.63, 3.8) is 0 Å². The highest BCUT2D eigenvalue weighted by Gasteiger charge is 2.32. The topological polar surface area (TPSA) is 44.1 Å². The molecule has 0 atom stereocenters. The summed E-state index contributed by atoms with van der Waals surface area (Å²) in [4.78, 5) is 14.0. The Morgan fingerprint density at radius 1 is 1.47 bits per heavy atom. The first-order valence-corrected chi connectivity index (χ1v) is 6.90. The Morgan fingerprint density at radius 2 is 2.11 bits per heavy atom. The summed E-state index contributed by atoms with van der Waals surface area (Å²) in [6, 6.07) is 6.56. The SMILES string of the molecule is CC1(C#N)CCN(C(=O)c2ccc(F)c(Br)c2)CC1. The maximum Gasteiger partial charge on any atom is 0.253 e. The zero-order valence-electron chi connectivity index (χ0n) is 10.6. The number of halogens is 2. The summed E-state index contributed by atoms with van der Waals surface area (Å²) < 4.78 is 13.4. The molecule has 100 valence electrons. The fourth-order valence-electron chi connectivity index (χ4n) is 2.13. The van der Waals surface area contributed by atoms with E-state index >= 15 is 0 Å². The number of carbonyl (C=O) groups is 1. The molecule has 1 heterocycles. The summed E-state index contributed by atoms with van der Waals surface area (Å²) >= 11 is 3.08. The third-order valence-electron chi connectivity index (χ3n) is 3.59. The Kier molecular flexibility index (Phi) is 3.91. The van der Waals surface area contributed by atoms with Crippen LogP contribution in [0.25, 0.3) is 0 Å². The monoisotopic (exact) mass is 324 g/mol. The van der Waals surface area contributed by atoms with Gasteiger partial charge in [0.1, 0.15) is 5.82 Å². The maximum absolute atomic E-state index is 13.1. The van der Waals surface area contributed by atoms with Gasteiger partial charge >= 0.3 is 0 Å². The summed E-state index contributed by atoms with van der Waals surface area (Å²) in [6.07, 6.45) is 1.36. The lowest BCUT2D eigenvalue weighted by Crippen LogP contribution is -2.41. The number of amides is 1. The summed E-state index contributed by atoms with van der Waals surface area (Å²) in [7, 11) is 0. The number of benzene rings is 1. The van der Waals surface area contributed by atoms with Crippen LogP contribution in [-0.4, -0.2) is 23.9 Å². The van der Waals surface area contributed by atoms with Crippen molar-refractivity contribution in [1.29, 1.82) is 5.26 Å². The highest BCUT2D eigenvalue weighted by atomic mass is 79.9. The second-order valence-corrected chi connectivity index (χ2v) is 5.95. The summed E-state index contributed by atoms with van der Waals surface area (Å²) in [6.45, 7) is 3.05. The van der Waals surface area contributed by atoms with Gasteiger partial charge in [0.2, 0.25) is 0 Å². The first kappa shape index (κ1) is 14.0. The van der Waals surface area contributed by atoms with Gasteiger partial charge in [-0.15, -0.1) is 0 Å². The molecule has 19 heavy (non-hydrogen) atoms. The molecule has 1 amide bonds. The van der Waals surface area contributed by atoms with E-state index < -0.39 is 0 Å². The van der Waals surface area contributed by atoms with Gasteiger partial charge in [0.25, 0.3) is 5.91 Å². The smallest absolute Gasteiger partial charge is 0.253 e. The van der Waals surface area contributed by atoms with Crippen molar-refractivity contribution in [2.24, 2.45) is 5.41 Å². The molecular weight excluding hydrogens is 311 g/mol. The van der Waals surface area contributed by atoms with Crippen molar-refractivity contribution in [2.45, 2.75) is 19.8 Å². The van der Waals surface area contributed by atoms with Gasteiger partial charge in [-0.3, -0.25) is 4.79 Å². The molecule has 0 saturated carbocycles. The van der Waals surface area contributed by atoms with Gasteiger partial charge in [-0.05, 0) is 53.9 Å². The van der Waals surface area contributed by atoms with Crippen LogP contribution in [0.1, 0.15) is 30.1 Å². The van der Waals surface area contributed by atoms with Gasteiger partial charge in [-0.1, -0.05) is 0 Å². The van der Waals surface area contributed by atoms with E-state index in [-0.39, 0.29) is 21.6 Å². The van der Waals surface area contributed by atoms with Crippen LogP contribution in [-0.2, 0) is 0 Å². The molecule has 1 fully saturated rings. The zero-order chi connectivity index (χ0) is 14.0. The number of piperidine rings is 1. The minimum atomic E-state index is -0.382. The maximum atomic E-state index is 13.1. The molecule has 0 N–H and O–H groups in total. The molecule has 1 aromatic carbocycles. The molecular formula is C14H14BrFN2O. The van der Waals surface area contributed by atoms with Crippen molar-refractivity contribution in [2.75, 3.05) is 13.1 Å². The first-order valence-electron chi connectivity index (χ1n) is 6.11. The van der Waals surface area contributed by atoms with Gasteiger partial charge in [0.15, 0.2) is 0 Å². The zero-order valence-corrected chi connectivity index (χ0v) is 12.2. The number of carbonyl (C=O) groups excluding carboxylic acids is 1. The van der Waals surface area contributed by atoms with E-state index in [4.69, 9.17) is 5.26 Å². The Labute approximate surface area is 120 Å². The number of likely N-dealkylation sites (tertiary alicyclic amines) is 1. The molecule has 0 radical (unpaired) electrons. The molecule has 3 nitrogen and oxygen atoms in total. The van der Waals surface area contributed by atoms with Gasteiger partial charge in [0.05, 0.1) is 16.0 Å².